The van der Waals surface area contributed by atoms with Gasteiger partial charge in [0.2, 0.25) is 5.91 Å². The van der Waals surface area contributed by atoms with Crippen LogP contribution in [0.1, 0.15) is 11.1 Å². The van der Waals surface area contributed by atoms with E-state index < -0.39 is 0 Å². The summed E-state index contributed by atoms with van der Waals surface area (Å²) >= 11 is 1.37. The number of aryl methyl sites for hydroxylation is 2. The number of amides is 1. The third-order valence-corrected chi connectivity index (χ3v) is 5.42. The van der Waals surface area contributed by atoms with Gasteiger partial charge in [-0.1, -0.05) is 48.5 Å². The molecule has 2 aromatic heterocycles. The number of pyridine rings is 1. The van der Waals surface area contributed by atoms with E-state index in [-0.39, 0.29) is 18.0 Å². The van der Waals surface area contributed by atoms with E-state index >= 15 is 0 Å². The van der Waals surface area contributed by atoms with Gasteiger partial charge in [0, 0.05) is 22.4 Å². The molecule has 5 nitrogen and oxygen atoms in total. The topological polar surface area (TPSA) is 64.0 Å². The number of benzene rings is 2. The lowest BCUT2D eigenvalue weighted by atomic mass is 10.1. The van der Waals surface area contributed by atoms with Gasteiger partial charge in [0.15, 0.2) is 5.13 Å². The third kappa shape index (κ3) is 3.46. The molecule has 4 rings (SSSR count). The summed E-state index contributed by atoms with van der Waals surface area (Å²) in [6.07, 6.45) is 0. The minimum Gasteiger partial charge on any atom is -0.300 e. The second kappa shape index (κ2) is 7.40. The lowest BCUT2D eigenvalue weighted by Crippen LogP contribution is -2.28. The number of aromatic nitrogens is 2. The number of thiazole rings is 1. The third-order valence-electron chi connectivity index (χ3n) is 4.66. The molecule has 0 unspecified atom stereocenters. The van der Waals surface area contributed by atoms with Crippen LogP contribution in [0.2, 0.25) is 0 Å². The Morgan fingerprint density at radius 1 is 1.07 bits per heavy atom. The van der Waals surface area contributed by atoms with Crippen molar-refractivity contribution < 1.29 is 4.79 Å². The van der Waals surface area contributed by atoms with Gasteiger partial charge in [-0.05, 0) is 25.0 Å². The highest BCUT2D eigenvalue weighted by atomic mass is 32.1. The average Bonchev–Trinajstić information content (AvgIpc) is 3.14. The zero-order valence-electron chi connectivity index (χ0n) is 15.6. The molecule has 2 aromatic carbocycles. The number of para-hydroxylation sites is 1. The van der Waals surface area contributed by atoms with Crippen LogP contribution in [0.4, 0.5) is 5.13 Å². The molecule has 1 N–H and O–H groups in total. The molecule has 0 saturated heterocycles. The van der Waals surface area contributed by atoms with E-state index in [4.69, 9.17) is 0 Å². The maximum absolute atomic E-state index is 12.6. The fourth-order valence-corrected chi connectivity index (χ4v) is 4.05. The highest BCUT2D eigenvalue weighted by molar-refractivity contribution is 7.14. The molecule has 0 aliphatic heterocycles. The smallest absolute Gasteiger partial charge is 0.251 e. The summed E-state index contributed by atoms with van der Waals surface area (Å²) in [6.45, 7) is 3.80. The zero-order chi connectivity index (χ0) is 19.7. The number of hydrogen-bond acceptors (Lipinski definition) is 4. The summed E-state index contributed by atoms with van der Waals surface area (Å²) in [4.78, 5) is 29.6. The Kier molecular flexibility index (Phi) is 4.79. The Labute approximate surface area is 166 Å². The Morgan fingerprint density at radius 3 is 2.64 bits per heavy atom. The number of nitrogens with zero attached hydrogens (tertiary/aromatic N) is 2. The Morgan fingerprint density at radius 2 is 1.86 bits per heavy atom. The molecule has 0 fully saturated rings. The largest absolute Gasteiger partial charge is 0.300 e. The van der Waals surface area contributed by atoms with Gasteiger partial charge < -0.3 is 5.32 Å². The van der Waals surface area contributed by atoms with Gasteiger partial charge in [0.25, 0.3) is 5.56 Å². The molecule has 28 heavy (non-hydrogen) atoms. The summed E-state index contributed by atoms with van der Waals surface area (Å²) in [6, 6.07) is 17.2. The van der Waals surface area contributed by atoms with Gasteiger partial charge in [-0.2, -0.15) is 0 Å². The lowest BCUT2D eigenvalue weighted by molar-refractivity contribution is -0.116. The number of fused-ring (bicyclic) bond motifs is 1. The van der Waals surface area contributed by atoms with Crippen LogP contribution >= 0.6 is 11.3 Å². The fourth-order valence-electron chi connectivity index (χ4n) is 3.32. The first-order valence-electron chi connectivity index (χ1n) is 8.93. The molecule has 0 bridgehead atoms. The number of anilines is 1. The molecule has 1 amide bonds. The van der Waals surface area contributed by atoms with E-state index in [9.17, 15) is 9.59 Å². The minimum absolute atomic E-state index is 0.0548. The molecular formula is C22H19N3O2S. The van der Waals surface area contributed by atoms with Gasteiger partial charge in [-0.25, -0.2) is 4.98 Å². The van der Waals surface area contributed by atoms with E-state index in [1.165, 1.54) is 15.9 Å². The number of nitrogens with one attached hydrogen (secondary N) is 1. The quantitative estimate of drug-likeness (QED) is 0.563. The molecule has 0 spiro atoms. The van der Waals surface area contributed by atoms with E-state index in [2.05, 4.69) is 10.3 Å². The predicted octanol–water partition coefficient (Wildman–Crippen LogP) is 4.38. The number of carbonyl (C=O) groups is 1. The number of carbonyl (C=O) groups excluding carboxylic acids is 1. The first kappa shape index (κ1) is 18.1. The van der Waals surface area contributed by atoms with Gasteiger partial charge in [-0.3, -0.25) is 14.2 Å². The maximum Gasteiger partial charge on any atom is 0.251 e. The molecule has 2 heterocycles. The first-order valence-corrected chi connectivity index (χ1v) is 9.81. The number of rotatable bonds is 4. The highest BCUT2D eigenvalue weighted by Gasteiger charge is 2.13. The molecule has 0 saturated carbocycles. The Bertz CT molecular complexity index is 1230. The van der Waals surface area contributed by atoms with Crippen molar-refractivity contribution in [3.05, 3.63) is 81.5 Å². The van der Waals surface area contributed by atoms with Gasteiger partial charge >= 0.3 is 0 Å². The SMILES string of the molecule is Cc1cc(=O)n(CC(=O)Nc2nc(-c3ccccc3)cs2)c2c(C)cccc12. The van der Waals surface area contributed by atoms with Crippen LogP contribution in [0.25, 0.3) is 22.2 Å². The first-order chi connectivity index (χ1) is 13.5. The fraction of sp³-hybridized carbons (Fsp3) is 0.136. The second-order valence-corrected chi connectivity index (χ2v) is 7.53. The molecule has 0 atom stereocenters. The standard InChI is InChI=1S/C22H19N3O2S/c1-14-7-6-10-17-15(2)11-20(27)25(21(14)17)12-19(26)24-22-23-18(13-28-22)16-8-4-3-5-9-16/h3-11,13H,12H2,1-2H3,(H,23,24,26). The van der Waals surface area contributed by atoms with Gasteiger partial charge in [-0.15, -0.1) is 11.3 Å². The van der Waals surface area contributed by atoms with Crippen molar-refractivity contribution in [2.75, 3.05) is 5.32 Å². The zero-order valence-corrected chi connectivity index (χ0v) is 16.4. The second-order valence-electron chi connectivity index (χ2n) is 6.67. The highest BCUT2D eigenvalue weighted by Crippen LogP contribution is 2.25. The Balaban J connectivity index is 1.60. The van der Waals surface area contributed by atoms with Crippen LogP contribution in [0, 0.1) is 13.8 Å². The monoisotopic (exact) mass is 389 g/mol. The van der Waals surface area contributed by atoms with Crippen LogP contribution in [0.5, 0.6) is 0 Å². The van der Waals surface area contributed by atoms with Crippen molar-refractivity contribution in [3.63, 3.8) is 0 Å². The van der Waals surface area contributed by atoms with Crippen LogP contribution < -0.4 is 10.9 Å². The molecule has 140 valence electrons. The van der Waals surface area contributed by atoms with Crippen LogP contribution in [-0.2, 0) is 11.3 Å². The number of hydrogen-bond donors (Lipinski definition) is 1. The van der Waals surface area contributed by atoms with Crippen molar-refractivity contribution in [2.45, 2.75) is 20.4 Å². The molecule has 4 aromatic rings. The van der Waals surface area contributed by atoms with Gasteiger partial charge in [0.1, 0.15) is 6.54 Å². The maximum atomic E-state index is 12.6. The minimum atomic E-state index is -0.274. The normalized spacial score (nSPS) is 10.9. The van der Waals surface area contributed by atoms with E-state index in [0.29, 0.717) is 5.13 Å². The predicted molar refractivity (Wildman–Crippen MR) is 114 cm³/mol. The van der Waals surface area contributed by atoms with Crippen LogP contribution in [-0.4, -0.2) is 15.5 Å². The summed E-state index contributed by atoms with van der Waals surface area (Å²) in [5.74, 6) is -0.274. The summed E-state index contributed by atoms with van der Waals surface area (Å²) in [5, 5.41) is 6.22. The van der Waals surface area contributed by atoms with Gasteiger partial charge in [0.05, 0.1) is 11.2 Å². The van der Waals surface area contributed by atoms with E-state index in [1.54, 1.807) is 6.07 Å². The molecule has 0 aliphatic carbocycles. The Hall–Kier alpha value is -3.25. The molecule has 0 radical (unpaired) electrons. The summed E-state index contributed by atoms with van der Waals surface area (Å²) in [5.41, 5.74) is 4.30. The van der Waals surface area contributed by atoms with E-state index in [0.717, 1.165) is 33.3 Å². The van der Waals surface area contributed by atoms with Crippen molar-refractivity contribution >= 4 is 33.3 Å². The molecule has 6 heteroatoms. The average molecular weight is 389 g/mol. The van der Waals surface area contributed by atoms with E-state index in [1.807, 2.05) is 67.8 Å². The summed E-state index contributed by atoms with van der Waals surface area (Å²) < 4.78 is 1.53. The van der Waals surface area contributed by atoms with Crippen molar-refractivity contribution in [2.24, 2.45) is 0 Å². The summed E-state index contributed by atoms with van der Waals surface area (Å²) in [7, 11) is 0. The van der Waals surface area contributed by atoms with Crippen LogP contribution in [0.3, 0.4) is 0 Å². The van der Waals surface area contributed by atoms with Crippen molar-refractivity contribution in [1.82, 2.24) is 9.55 Å². The van der Waals surface area contributed by atoms with Crippen molar-refractivity contribution in [1.29, 1.82) is 0 Å². The lowest BCUT2D eigenvalue weighted by Gasteiger charge is -2.13. The molecular weight excluding hydrogens is 370 g/mol. The van der Waals surface area contributed by atoms with Crippen molar-refractivity contribution in [3.8, 4) is 11.3 Å². The molecule has 0 aliphatic rings. The van der Waals surface area contributed by atoms with Crippen LogP contribution in [0.15, 0.2) is 64.8 Å².